The van der Waals surface area contributed by atoms with Crippen molar-refractivity contribution >= 4 is 38.3 Å². The first kappa shape index (κ1) is 17.4. The maximum atomic E-state index is 11.9. The fourth-order valence-electron chi connectivity index (χ4n) is 1.54. The lowest BCUT2D eigenvalue weighted by Gasteiger charge is -2.08. The second-order valence-electron chi connectivity index (χ2n) is 4.15. The molecule has 1 N–H and O–H groups in total. The van der Waals surface area contributed by atoms with Gasteiger partial charge in [0.15, 0.2) is 5.75 Å². The molecule has 0 aliphatic heterocycles. The second-order valence-corrected chi connectivity index (χ2v) is 7.09. The molecular weight excluding hydrogens is 318 g/mol. The topological polar surface area (TPSA) is 98.8 Å². The van der Waals surface area contributed by atoms with Crippen LogP contribution in [-0.4, -0.2) is 39.8 Å². The lowest BCUT2D eigenvalue weighted by molar-refractivity contribution is -0.137. The van der Waals surface area contributed by atoms with Gasteiger partial charge in [0.1, 0.15) is 5.00 Å². The molecule has 1 aromatic rings. The predicted molar refractivity (Wildman–Crippen MR) is 79.2 cm³/mol. The molecule has 0 radical (unpaired) electrons. The smallest absolute Gasteiger partial charge is 0.341 e. The molecule has 0 spiro atoms. The molecule has 0 bridgehead atoms. The third-order valence-electron chi connectivity index (χ3n) is 2.65. The Morgan fingerprint density at radius 2 is 1.90 bits per heavy atom. The van der Waals surface area contributed by atoms with Crippen LogP contribution in [0.15, 0.2) is 0 Å². The summed E-state index contributed by atoms with van der Waals surface area (Å²) in [5.74, 6) is -2.30. The van der Waals surface area contributed by atoms with Crippen molar-refractivity contribution in [2.24, 2.45) is 0 Å². The Labute approximate surface area is 127 Å². The number of aryl methyl sites for hydroxylation is 1. The number of anilines is 1. The van der Waals surface area contributed by atoms with Crippen molar-refractivity contribution in [2.75, 3.05) is 24.2 Å². The molecule has 0 amide bonds. The molecule has 0 fully saturated rings. The van der Waals surface area contributed by atoms with E-state index in [4.69, 9.17) is 4.74 Å². The van der Waals surface area contributed by atoms with Gasteiger partial charge in [-0.2, -0.15) is 0 Å². The third kappa shape index (κ3) is 4.43. The van der Waals surface area contributed by atoms with Crippen LogP contribution in [0.2, 0.25) is 0 Å². The lowest BCUT2D eigenvalue weighted by Crippen LogP contribution is -2.24. The zero-order valence-corrected chi connectivity index (χ0v) is 13.8. The lowest BCUT2D eigenvalue weighted by atomic mass is 10.2. The van der Waals surface area contributed by atoms with Crippen LogP contribution in [0.1, 0.15) is 27.7 Å². The maximum Gasteiger partial charge on any atom is 0.341 e. The average molecular weight is 335 g/mol. The fourth-order valence-corrected chi connectivity index (χ4v) is 3.87. The number of hydrogen-bond donors (Lipinski definition) is 1. The van der Waals surface area contributed by atoms with Crippen molar-refractivity contribution in [3.63, 3.8) is 0 Å². The van der Waals surface area contributed by atoms with Crippen LogP contribution in [0.4, 0.5) is 5.00 Å². The van der Waals surface area contributed by atoms with E-state index in [9.17, 15) is 18.0 Å². The third-order valence-corrected chi connectivity index (χ3v) is 5.03. The van der Waals surface area contributed by atoms with Gasteiger partial charge in [0.05, 0.1) is 19.3 Å². The molecule has 0 saturated carbocycles. The van der Waals surface area contributed by atoms with E-state index < -0.39 is 27.7 Å². The number of hydrogen-bond acceptors (Lipinski definition) is 7. The first-order valence-corrected chi connectivity index (χ1v) is 8.53. The van der Waals surface area contributed by atoms with Gasteiger partial charge in [-0.05, 0) is 26.3 Å². The summed E-state index contributed by atoms with van der Waals surface area (Å²) in [6.45, 7) is 5.31. The van der Waals surface area contributed by atoms with Crippen LogP contribution in [-0.2, 0) is 24.3 Å². The SMILES string of the molecule is CCOC(=O)c1c(NS(=O)(=O)CC(=O)OC)sc(C)c1C. The van der Waals surface area contributed by atoms with Crippen LogP contribution in [0.3, 0.4) is 0 Å². The molecule has 0 aliphatic carbocycles. The van der Waals surface area contributed by atoms with E-state index in [2.05, 4.69) is 9.46 Å². The van der Waals surface area contributed by atoms with Crippen molar-refractivity contribution in [1.82, 2.24) is 0 Å². The Hall–Kier alpha value is -1.61. The fraction of sp³-hybridized carbons (Fsp3) is 0.500. The molecule has 0 saturated heterocycles. The minimum atomic E-state index is -3.94. The largest absolute Gasteiger partial charge is 0.468 e. The van der Waals surface area contributed by atoms with Gasteiger partial charge in [0.2, 0.25) is 10.0 Å². The van der Waals surface area contributed by atoms with Crippen molar-refractivity contribution in [2.45, 2.75) is 20.8 Å². The number of nitrogens with one attached hydrogen (secondary N) is 1. The quantitative estimate of drug-likeness (QED) is 0.790. The van der Waals surface area contributed by atoms with Gasteiger partial charge in [-0.1, -0.05) is 0 Å². The number of esters is 2. The van der Waals surface area contributed by atoms with Gasteiger partial charge in [0, 0.05) is 4.88 Å². The molecule has 0 aliphatic rings. The van der Waals surface area contributed by atoms with Crippen molar-refractivity contribution in [3.8, 4) is 0 Å². The van der Waals surface area contributed by atoms with Crippen molar-refractivity contribution in [1.29, 1.82) is 0 Å². The summed E-state index contributed by atoms with van der Waals surface area (Å²) in [7, 11) is -2.84. The molecule has 1 rings (SSSR count). The zero-order chi connectivity index (χ0) is 16.2. The van der Waals surface area contributed by atoms with Gasteiger partial charge < -0.3 is 9.47 Å². The van der Waals surface area contributed by atoms with E-state index in [1.165, 1.54) is 0 Å². The van der Waals surface area contributed by atoms with Gasteiger partial charge >= 0.3 is 11.9 Å². The van der Waals surface area contributed by atoms with E-state index in [1.54, 1.807) is 20.8 Å². The molecule has 9 heteroatoms. The minimum Gasteiger partial charge on any atom is -0.468 e. The Bertz CT molecular complexity index is 647. The second kappa shape index (κ2) is 6.90. The highest BCUT2D eigenvalue weighted by Gasteiger charge is 2.25. The summed E-state index contributed by atoms with van der Waals surface area (Å²) in [6, 6.07) is 0. The minimum absolute atomic E-state index is 0.146. The molecule has 21 heavy (non-hydrogen) atoms. The Morgan fingerprint density at radius 1 is 1.29 bits per heavy atom. The van der Waals surface area contributed by atoms with Crippen LogP contribution in [0.5, 0.6) is 0 Å². The number of ether oxygens (including phenoxy) is 2. The van der Waals surface area contributed by atoms with Gasteiger partial charge in [-0.25, -0.2) is 13.2 Å². The number of sulfonamides is 1. The monoisotopic (exact) mass is 335 g/mol. The summed E-state index contributed by atoms with van der Waals surface area (Å²) in [5, 5.41) is 0.146. The highest BCUT2D eigenvalue weighted by atomic mass is 32.2. The number of rotatable bonds is 6. The van der Waals surface area contributed by atoms with E-state index in [1.807, 2.05) is 0 Å². The summed E-state index contributed by atoms with van der Waals surface area (Å²) in [5.41, 5.74) is 0.821. The molecule has 0 aromatic carbocycles. The molecule has 118 valence electrons. The molecule has 0 unspecified atom stereocenters. The van der Waals surface area contributed by atoms with E-state index in [0.717, 1.165) is 23.3 Å². The first-order chi connectivity index (χ1) is 9.71. The summed E-state index contributed by atoms with van der Waals surface area (Å²) in [4.78, 5) is 23.8. The molecule has 0 atom stereocenters. The van der Waals surface area contributed by atoms with Crippen molar-refractivity contribution in [3.05, 3.63) is 16.0 Å². The van der Waals surface area contributed by atoms with Crippen LogP contribution < -0.4 is 4.72 Å². The van der Waals surface area contributed by atoms with Gasteiger partial charge in [0.25, 0.3) is 0 Å². The van der Waals surface area contributed by atoms with Crippen molar-refractivity contribution < 1.29 is 27.5 Å². The zero-order valence-electron chi connectivity index (χ0n) is 12.2. The first-order valence-electron chi connectivity index (χ1n) is 6.06. The Kier molecular flexibility index (Phi) is 5.73. The highest BCUT2D eigenvalue weighted by Crippen LogP contribution is 2.33. The van der Waals surface area contributed by atoms with E-state index in [-0.39, 0.29) is 17.2 Å². The summed E-state index contributed by atoms with van der Waals surface area (Å²) in [6.07, 6.45) is 0. The Balaban J connectivity index is 3.11. The highest BCUT2D eigenvalue weighted by molar-refractivity contribution is 7.93. The average Bonchev–Trinajstić information content (AvgIpc) is 2.63. The maximum absolute atomic E-state index is 11.9. The molecule has 7 nitrogen and oxygen atoms in total. The van der Waals surface area contributed by atoms with Gasteiger partial charge in [-0.3, -0.25) is 9.52 Å². The van der Waals surface area contributed by atoms with Crippen LogP contribution >= 0.6 is 11.3 Å². The van der Waals surface area contributed by atoms with Crippen LogP contribution in [0.25, 0.3) is 0 Å². The summed E-state index contributed by atoms with van der Waals surface area (Å²) >= 11 is 1.11. The Morgan fingerprint density at radius 3 is 2.43 bits per heavy atom. The molecule has 1 aromatic heterocycles. The predicted octanol–water partition coefficient (Wildman–Crippen LogP) is 1.46. The summed E-state index contributed by atoms with van der Waals surface area (Å²) < 4.78 is 35.2. The van der Waals surface area contributed by atoms with E-state index in [0.29, 0.717) is 5.56 Å². The normalized spacial score (nSPS) is 11.0. The number of carbonyl (C=O) groups excluding carboxylic acids is 2. The van der Waals surface area contributed by atoms with Crippen LogP contribution in [0, 0.1) is 13.8 Å². The van der Waals surface area contributed by atoms with E-state index >= 15 is 0 Å². The number of carbonyl (C=O) groups is 2. The standard InChI is InChI=1S/C12H17NO6S2/c1-5-19-12(15)10-7(2)8(3)20-11(10)13-21(16,17)6-9(14)18-4/h13H,5-6H2,1-4H3. The molecule has 1 heterocycles. The van der Waals surface area contributed by atoms with Gasteiger partial charge in [-0.15, -0.1) is 11.3 Å². The number of methoxy groups -OCH3 is 1. The molecular formula is C12H17NO6S2. The number of thiophene rings is 1.